The van der Waals surface area contributed by atoms with Crippen LogP contribution in [-0.4, -0.2) is 31.7 Å². The maximum atomic E-state index is 11.2. The molecule has 0 aliphatic carbocycles. The van der Waals surface area contributed by atoms with E-state index in [9.17, 15) is 13.2 Å². The maximum Gasteiger partial charge on any atom is 0.147 e. The van der Waals surface area contributed by atoms with Crippen LogP contribution in [0.4, 0.5) is 0 Å². The molecular formula is C9H19NO3S. The Hall–Kier alpha value is -0.420. The molecule has 0 fully saturated rings. The van der Waals surface area contributed by atoms with E-state index in [1.165, 1.54) is 0 Å². The van der Waals surface area contributed by atoms with Crippen LogP contribution in [-0.2, 0) is 14.6 Å². The van der Waals surface area contributed by atoms with Gasteiger partial charge in [0, 0.05) is 24.6 Å². The summed E-state index contributed by atoms with van der Waals surface area (Å²) in [6.45, 7) is 3.69. The number of ketones is 1. The molecule has 0 bridgehead atoms. The molecule has 0 aromatic heterocycles. The fraction of sp³-hybridized carbons (Fsp3) is 0.889. The zero-order valence-electron chi connectivity index (χ0n) is 9.04. The molecule has 0 amide bonds. The molecule has 0 radical (unpaired) electrons. The summed E-state index contributed by atoms with van der Waals surface area (Å²) in [5, 5.41) is 0. The van der Waals surface area contributed by atoms with Crippen LogP contribution in [0.5, 0.6) is 0 Å². The quantitative estimate of drug-likeness (QED) is 0.709. The van der Waals surface area contributed by atoms with Crippen LogP contribution < -0.4 is 5.73 Å². The maximum absolute atomic E-state index is 11.2. The predicted molar refractivity (Wildman–Crippen MR) is 56.8 cm³/mol. The van der Waals surface area contributed by atoms with Gasteiger partial charge in [-0.3, -0.25) is 4.79 Å². The minimum absolute atomic E-state index is 0.0334. The number of nitrogens with two attached hydrogens (primary N) is 1. The number of hydrogen-bond acceptors (Lipinski definition) is 4. The second-order valence-corrected chi connectivity index (χ2v) is 6.67. The van der Waals surface area contributed by atoms with Gasteiger partial charge in [-0.2, -0.15) is 0 Å². The molecule has 0 spiro atoms. The second-order valence-electron chi connectivity index (χ2n) is 4.41. The van der Waals surface area contributed by atoms with Crippen molar-refractivity contribution in [3.63, 3.8) is 0 Å². The zero-order valence-corrected chi connectivity index (χ0v) is 9.86. The summed E-state index contributed by atoms with van der Waals surface area (Å²) in [6.07, 6.45) is 2.19. The van der Waals surface area contributed by atoms with E-state index in [1.807, 2.05) is 13.8 Å². The monoisotopic (exact) mass is 221 g/mol. The zero-order chi connectivity index (χ0) is 11.4. The topological polar surface area (TPSA) is 77.2 Å². The van der Waals surface area contributed by atoms with E-state index < -0.39 is 9.84 Å². The number of rotatable bonds is 6. The molecule has 0 rings (SSSR count). The summed E-state index contributed by atoms with van der Waals surface area (Å²) >= 11 is 0. The molecule has 84 valence electrons. The minimum Gasteiger partial charge on any atom is -0.326 e. The summed E-state index contributed by atoms with van der Waals surface area (Å²) in [5.74, 6) is -0.0921. The van der Waals surface area contributed by atoms with Crippen LogP contribution in [0.3, 0.4) is 0 Å². The van der Waals surface area contributed by atoms with Crippen molar-refractivity contribution in [1.82, 2.24) is 0 Å². The van der Waals surface area contributed by atoms with Gasteiger partial charge in [0.05, 0.1) is 5.75 Å². The van der Waals surface area contributed by atoms with E-state index in [4.69, 9.17) is 5.73 Å². The van der Waals surface area contributed by atoms with Gasteiger partial charge < -0.3 is 5.73 Å². The van der Waals surface area contributed by atoms with Crippen LogP contribution in [0.2, 0.25) is 0 Å². The normalized spacial score (nSPS) is 12.9. The van der Waals surface area contributed by atoms with Crippen molar-refractivity contribution in [2.24, 2.45) is 5.73 Å². The van der Waals surface area contributed by atoms with Crippen molar-refractivity contribution in [1.29, 1.82) is 0 Å². The van der Waals surface area contributed by atoms with Crippen molar-refractivity contribution in [2.45, 2.75) is 38.6 Å². The summed E-state index contributed by atoms with van der Waals surface area (Å²) in [7, 11) is -3.03. The molecule has 0 atom stereocenters. The molecule has 2 N–H and O–H groups in total. The SMILES string of the molecule is CC(C)(N)CCC(=O)CCS(C)(=O)=O. The summed E-state index contributed by atoms with van der Waals surface area (Å²) in [4.78, 5) is 11.2. The highest BCUT2D eigenvalue weighted by Crippen LogP contribution is 2.08. The average molecular weight is 221 g/mol. The van der Waals surface area contributed by atoms with Crippen LogP contribution in [0.15, 0.2) is 0 Å². The molecule has 0 aliphatic rings. The highest BCUT2D eigenvalue weighted by molar-refractivity contribution is 7.90. The summed E-state index contributed by atoms with van der Waals surface area (Å²) in [6, 6.07) is 0. The minimum atomic E-state index is -3.03. The molecule has 0 heterocycles. The lowest BCUT2D eigenvalue weighted by molar-refractivity contribution is -0.119. The van der Waals surface area contributed by atoms with Gasteiger partial charge in [-0.15, -0.1) is 0 Å². The predicted octanol–water partition coefficient (Wildman–Crippen LogP) is 0.508. The number of carbonyl (C=O) groups excluding carboxylic acids is 1. The van der Waals surface area contributed by atoms with Crippen molar-refractivity contribution >= 4 is 15.6 Å². The highest BCUT2D eigenvalue weighted by Gasteiger charge is 2.14. The lowest BCUT2D eigenvalue weighted by Gasteiger charge is -2.17. The van der Waals surface area contributed by atoms with Crippen molar-refractivity contribution in [2.75, 3.05) is 12.0 Å². The fourth-order valence-corrected chi connectivity index (χ4v) is 1.48. The van der Waals surface area contributed by atoms with Gasteiger partial charge in [0.2, 0.25) is 0 Å². The van der Waals surface area contributed by atoms with Crippen LogP contribution >= 0.6 is 0 Å². The number of Topliss-reactive ketones (excluding diaryl/α,β-unsaturated/α-hetero) is 1. The average Bonchev–Trinajstić information content (AvgIpc) is 1.94. The Morgan fingerprint density at radius 2 is 1.79 bits per heavy atom. The van der Waals surface area contributed by atoms with E-state index in [1.54, 1.807) is 0 Å². The van der Waals surface area contributed by atoms with E-state index >= 15 is 0 Å². The van der Waals surface area contributed by atoms with Crippen LogP contribution in [0.1, 0.15) is 33.1 Å². The van der Waals surface area contributed by atoms with Crippen LogP contribution in [0.25, 0.3) is 0 Å². The third kappa shape index (κ3) is 9.67. The number of carbonyl (C=O) groups is 1. The Labute approximate surface area is 85.8 Å². The Morgan fingerprint density at radius 1 is 1.29 bits per heavy atom. The van der Waals surface area contributed by atoms with Crippen molar-refractivity contribution in [3.05, 3.63) is 0 Å². The molecular weight excluding hydrogens is 202 g/mol. The van der Waals surface area contributed by atoms with Crippen LogP contribution in [0, 0.1) is 0 Å². The van der Waals surface area contributed by atoms with E-state index in [-0.39, 0.29) is 23.5 Å². The first-order valence-electron chi connectivity index (χ1n) is 4.58. The van der Waals surface area contributed by atoms with Gasteiger partial charge in [-0.1, -0.05) is 0 Å². The molecule has 0 aliphatic heterocycles. The summed E-state index contributed by atoms with van der Waals surface area (Å²) < 4.78 is 21.5. The van der Waals surface area contributed by atoms with Gasteiger partial charge in [0.25, 0.3) is 0 Å². The van der Waals surface area contributed by atoms with Gasteiger partial charge >= 0.3 is 0 Å². The first kappa shape index (κ1) is 13.6. The number of sulfone groups is 1. The molecule has 0 aromatic rings. The van der Waals surface area contributed by atoms with Gasteiger partial charge in [0.1, 0.15) is 15.6 Å². The third-order valence-electron chi connectivity index (χ3n) is 1.80. The van der Waals surface area contributed by atoms with E-state index in [0.717, 1.165) is 6.26 Å². The molecule has 0 saturated heterocycles. The third-order valence-corrected chi connectivity index (χ3v) is 2.75. The largest absolute Gasteiger partial charge is 0.326 e. The Balaban J connectivity index is 3.79. The first-order chi connectivity index (χ1) is 6.10. The molecule has 5 heteroatoms. The second kappa shape index (κ2) is 4.89. The molecule has 0 unspecified atom stereocenters. The van der Waals surface area contributed by atoms with Crippen molar-refractivity contribution in [3.8, 4) is 0 Å². The van der Waals surface area contributed by atoms with E-state index in [2.05, 4.69) is 0 Å². The van der Waals surface area contributed by atoms with E-state index in [0.29, 0.717) is 12.8 Å². The molecule has 14 heavy (non-hydrogen) atoms. The smallest absolute Gasteiger partial charge is 0.147 e. The van der Waals surface area contributed by atoms with Gasteiger partial charge in [-0.05, 0) is 20.3 Å². The van der Waals surface area contributed by atoms with Gasteiger partial charge in [0.15, 0.2) is 0 Å². The Morgan fingerprint density at radius 3 is 2.14 bits per heavy atom. The lowest BCUT2D eigenvalue weighted by atomic mass is 9.98. The number of hydrogen-bond donors (Lipinski definition) is 1. The Bertz CT molecular complexity index is 288. The lowest BCUT2D eigenvalue weighted by Crippen LogP contribution is -2.32. The Kier molecular flexibility index (Phi) is 4.74. The molecule has 4 nitrogen and oxygen atoms in total. The fourth-order valence-electron chi connectivity index (χ4n) is 0.886. The summed E-state index contributed by atoms with van der Waals surface area (Å²) in [5.41, 5.74) is 5.33. The van der Waals surface area contributed by atoms with Crippen molar-refractivity contribution < 1.29 is 13.2 Å². The first-order valence-corrected chi connectivity index (χ1v) is 6.64. The highest BCUT2D eigenvalue weighted by atomic mass is 32.2. The van der Waals surface area contributed by atoms with Gasteiger partial charge in [-0.25, -0.2) is 8.42 Å². The molecule has 0 saturated carbocycles. The standard InChI is InChI=1S/C9H19NO3S/c1-9(2,10)6-4-8(11)5-7-14(3,12)13/h4-7,10H2,1-3H3. The molecule has 0 aromatic carbocycles.